The van der Waals surface area contributed by atoms with Gasteiger partial charge < -0.3 is 5.11 Å². The first kappa shape index (κ1) is 4.80. The number of rotatable bonds is 0. The monoisotopic (exact) mass is 112 g/mol. The lowest BCUT2D eigenvalue weighted by molar-refractivity contribution is 0.0673. The predicted molar refractivity (Wildman–Crippen MR) is 31.5 cm³/mol. The van der Waals surface area contributed by atoms with Gasteiger partial charge in [0.25, 0.3) is 0 Å². The summed E-state index contributed by atoms with van der Waals surface area (Å²) >= 11 is 0. The zero-order valence-corrected chi connectivity index (χ0v) is 5.01. The van der Waals surface area contributed by atoms with Gasteiger partial charge in [-0.15, -0.1) is 0 Å². The predicted octanol–water partition coefficient (Wildman–Crippen LogP) is 1.17. The van der Waals surface area contributed by atoms with Gasteiger partial charge in [0, 0.05) is 0 Å². The first-order valence-corrected chi connectivity index (χ1v) is 3.56. The molecule has 0 aromatic rings. The highest BCUT2D eigenvalue weighted by molar-refractivity contribution is 4.91. The van der Waals surface area contributed by atoms with Gasteiger partial charge in [-0.2, -0.15) is 0 Å². The Bertz CT molecular complexity index is 94.6. The molecule has 0 heterocycles. The minimum atomic E-state index is 0.0775. The second-order valence-electron chi connectivity index (χ2n) is 3.15. The maximum atomic E-state index is 9.22. The lowest BCUT2D eigenvalue weighted by Crippen LogP contribution is -2.27. The Morgan fingerprint density at radius 1 is 1.00 bits per heavy atom. The summed E-state index contributed by atoms with van der Waals surface area (Å²) < 4.78 is 0. The molecule has 46 valence electrons. The van der Waals surface area contributed by atoms with Crippen molar-refractivity contribution in [1.82, 2.24) is 0 Å². The molecule has 0 bridgehead atoms. The van der Waals surface area contributed by atoms with Gasteiger partial charge in [0.2, 0.25) is 0 Å². The highest BCUT2D eigenvalue weighted by Crippen LogP contribution is 2.46. The third-order valence-corrected chi connectivity index (χ3v) is 2.80. The largest absolute Gasteiger partial charge is 0.393 e. The molecule has 0 aromatic heterocycles. The molecule has 0 aromatic carbocycles. The quantitative estimate of drug-likeness (QED) is 0.498. The van der Waals surface area contributed by atoms with Crippen LogP contribution in [0.1, 0.15) is 25.7 Å². The summed E-state index contributed by atoms with van der Waals surface area (Å²) in [6.07, 6.45) is 5.14. The number of hydrogen-bond donors (Lipinski definition) is 1. The SMILES string of the molecule is OC1CCC2CCC12. The van der Waals surface area contributed by atoms with Crippen LogP contribution in [-0.4, -0.2) is 11.2 Å². The standard InChI is InChI=1S/C7H12O/c8-7-4-2-5-1-3-6(5)7/h5-8H,1-4H2. The third-order valence-electron chi connectivity index (χ3n) is 2.80. The fourth-order valence-electron chi connectivity index (χ4n) is 2.06. The molecule has 2 aliphatic rings. The van der Waals surface area contributed by atoms with E-state index in [0.29, 0.717) is 0 Å². The molecule has 3 atom stereocenters. The summed E-state index contributed by atoms with van der Waals surface area (Å²) in [6.45, 7) is 0. The summed E-state index contributed by atoms with van der Waals surface area (Å²) in [6, 6.07) is 0. The Kier molecular flexibility index (Phi) is 0.884. The molecular weight excluding hydrogens is 100 g/mol. The lowest BCUT2D eigenvalue weighted by atomic mass is 9.76. The van der Waals surface area contributed by atoms with Crippen molar-refractivity contribution in [2.24, 2.45) is 11.8 Å². The van der Waals surface area contributed by atoms with E-state index in [2.05, 4.69) is 0 Å². The third kappa shape index (κ3) is 0.455. The van der Waals surface area contributed by atoms with Crippen molar-refractivity contribution >= 4 is 0 Å². The van der Waals surface area contributed by atoms with E-state index < -0.39 is 0 Å². The Morgan fingerprint density at radius 3 is 2.00 bits per heavy atom. The molecule has 0 radical (unpaired) electrons. The molecule has 0 aliphatic heterocycles. The molecule has 0 spiro atoms. The fraction of sp³-hybridized carbons (Fsp3) is 1.00. The minimum Gasteiger partial charge on any atom is -0.393 e. The molecule has 2 fully saturated rings. The average molecular weight is 112 g/mol. The normalized spacial score (nSPS) is 52.9. The second-order valence-corrected chi connectivity index (χ2v) is 3.15. The van der Waals surface area contributed by atoms with Crippen LogP contribution in [0.15, 0.2) is 0 Å². The van der Waals surface area contributed by atoms with Gasteiger partial charge in [0.05, 0.1) is 6.10 Å². The van der Waals surface area contributed by atoms with Gasteiger partial charge in [-0.3, -0.25) is 0 Å². The number of fused-ring (bicyclic) bond motifs is 1. The van der Waals surface area contributed by atoms with Crippen LogP contribution < -0.4 is 0 Å². The van der Waals surface area contributed by atoms with Crippen LogP contribution in [0.5, 0.6) is 0 Å². The van der Waals surface area contributed by atoms with Gasteiger partial charge >= 0.3 is 0 Å². The van der Waals surface area contributed by atoms with Crippen molar-refractivity contribution in [3.05, 3.63) is 0 Å². The molecule has 2 saturated carbocycles. The molecule has 8 heavy (non-hydrogen) atoms. The molecule has 1 N–H and O–H groups in total. The Hall–Kier alpha value is -0.0400. The van der Waals surface area contributed by atoms with E-state index >= 15 is 0 Å². The molecular formula is C7H12O. The Morgan fingerprint density at radius 2 is 1.75 bits per heavy atom. The van der Waals surface area contributed by atoms with Gasteiger partial charge in [-0.05, 0) is 37.5 Å². The van der Waals surface area contributed by atoms with Crippen LogP contribution >= 0.6 is 0 Å². The van der Waals surface area contributed by atoms with Crippen molar-refractivity contribution in [3.63, 3.8) is 0 Å². The number of hydrogen-bond acceptors (Lipinski definition) is 1. The van der Waals surface area contributed by atoms with E-state index in [1.807, 2.05) is 0 Å². The maximum Gasteiger partial charge on any atom is 0.0571 e. The van der Waals surface area contributed by atoms with E-state index in [9.17, 15) is 5.11 Å². The summed E-state index contributed by atoms with van der Waals surface area (Å²) in [4.78, 5) is 0. The van der Waals surface area contributed by atoms with E-state index in [-0.39, 0.29) is 6.10 Å². The van der Waals surface area contributed by atoms with Crippen LogP contribution in [0.4, 0.5) is 0 Å². The van der Waals surface area contributed by atoms with E-state index in [1.54, 1.807) is 0 Å². The molecule has 1 nitrogen and oxygen atoms in total. The number of aliphatic hydroxyl groups is 1. The van der Waals surface area contributed by atoms with Gasteiger partial charge in [0.1, 0.15) is 0 Å². The van der Waals surface area contributed by atoms with Crippen molar-refractivity contribution in [2.75, 3.05) is 0 Å². The molecule has 3 unspecified atom stereocenters. The molecule has 0 saturated heterocycles. The topological polar surface area (TPSA) is 20.2 Å². The highest BCUT2D eigenvalue weighted by Gasteiger charge is 2.40. The van der Waals surface area contributed by atoms with Crippen molar-refractivity contribution in [3.8, 4) is 0 Å². The molecule has 2 rings (SSSR count). The van der Waals surface area contributed by atoms with Gasteiger partial charge in [-0.1, -0.05) is 0 Å². The van der Waals surface area contributed by atoms with Crippen molar-refractivity contribution < 1.29 is 5.11 Å². The zero-order valence-electron chi connectivity index (χ0n) is 5.01. The molecule has 2 aliphatic carbocycles. The van der Waals surface area contributed by atoms with Crippen LogP contribution in [0.25, 0.3) is 0 Å². The van der Waals surface area contributed by atoms with E-state index in [4.69, 9.17) is 0 Å². The van der Waals surface area contributed by atoms with E-state index in [0.717, 1.165) is 18.3 Å². The van der Waals surface area contributed by atoms with Crippen molar-refractivity contribution in [1.29, 1.82) is 0 Å². The van der Waals surface area contributed by atoms with Crippen LogP contribution in [0, 0.1) is 11.8 Å². The number of aliphatic hydroxyl groups excluding tert-OH is 1. The Balaban J connectivity index is 2.05. The first-order chi connectivity index (χ1) is 3.88. The van der Waals surface area contributed by atoms with Crippen LogP contribution in [0.3, 0.4) is 0 Å². The minimum absolute atomic E-state index is 0.0775. The van der Waals surface area contributed by atoms with Crippen molar-refractivity contribution in [2.45, 2.75) is 31.8 Å². The summed E-state index contributed by atoms with van der Waals surface area (Å²) in [5.74, 6) is 1.64. The van der Waals surface area contributed by atoms with Gasteiger partial charge in [-0.25, -0.2) is 0 Å². The fourth-order valence-corrected chi connectivity index (χ4v) is 2.06. The summed E-state index contributed by atoms with van der Waals surface area (Å²) in [7, 11) is 0. The second kappa shape index (κ2) is 1.47. The average Bonchev–Trinajstić information content (AvgIpc) is 1.80. The first-order valence-electron chi connectivity index (χ1n) is 3.56. The summed E-state index contributed by atoms with van der Waals surface area (Å²) in [5.41, 5.74) is 0. The van der Waals surface area contributed by atoms with E-state index in [1.165, 1.54) is 19.3 Å². The molecule has 1 heteroatoms. The molecule has 0 amide bonds. The Labute approximate surface area is 49.7 Å². The smallest absolute Gasteiger partial charge is 0.0571 e. The lowest BCUT2D eigenvalue weighted by Gasteiger charge is -2.31. The van der Waals surface area contributed by atoms with Gasteiger partial charge in [0.15, 0.2) is 0 Å². The van der Waals surface area contributed by atoms with Crippen LogP contribution in [-0.2, 0) is 0 Å². The van der Waals surface area contributed by atoms with Crippen LogP contribution in [0.2, 0.25) is 0 Å². The highest BCUT2D eigenvalue weighted by atomic mass is 16.3. The zero-order chi connectivity index (χ0) is 5.56. The maximum absolute atomic E-state index is 9.22. The summed E-state index contributed by atoms with van der Waals surface area (Å²) in [5, 5.41) is 9.22.